The minimum absolute atomic E-state index is 0. The van der Waals surface area contributed by atoms with Gasteiger partial charge in [-0.3, -0.25) is 14.6 Å². The van der Waals surface area contributed by atoms with Crippen LogP contribution >= 0.6 is 0 Å². The van der Waals surface area contributed by atoms with Crippen LogP contribution in [0.2, 0.25) is 0 Å². The third-order valence-electron chi connectivity index (χ3n) is 2.48. The summed E-state index contributed by atoms with van der Waals surface area (Å²) in [5, 5.41) is 5.43. The number of nitrogens with one attached hydrogen (secondary N) is 2. The maximum Gasteiger partial charge on any atom is 0.229 e. The van der Waals surface area contributed by atoms with Crippen LogP contribution in [0.4, 0.5) is 0 Å². The number of rotatable bonds is 6. The Balaban J connectivity index is 0. The van der Waals surface area contributed by atoms with E-state index in [1.54, 1.807) is 18.3 Å². The largest absolute Gasteiger partial charge is 0.356 e. The van der Waals surface area contributed by atoms with Gasteiger partial charge in [0.2, 0.25) is 11.8 Å². The predicted octanol–water partition coefficient (Wildman–Crippen LogP) is 2.10. The lowest BCUT2D eigenvalue weighted by Crippen LogP contribution is -2.34. The standard InChI is InChI=1S/C13H19N3O2.2CH4/c1-3-14-12(17)9-10(13(18)15-4-2)11-7-5-6-8-16-11;;/h5-8,10H,3-4,9H2,1-2H3,(H,14,17)(H,15,18);2*1H4. The number of carbonyl (C=O) groups excluding carboxylic acids is 2. The smallest absolute Gasteiger partial charge is 0.229 e. The predicted molar refractivity (Wildman–Crippen MR) is 82.4 cm³/mol. The van der Waals surface area contributed by atoms with Crippen molar-refractivity contribution in [3.63, 3.8) is 0 Å². The molecule has 0 saturated heterocycles. The van der Waals surface area contributed by atoms with Crippen LogP contribution in [-0.2, 0) is 9.59 Å². The summed E-state index contributed by atoms with van der Waals surface area (Å²) in [6.07, 6.45) is 1.75. The van der Waals surface area contributed by atoms with E-state index in [9.17, 15) is 9.59 Å². The van der Waals surface area contributed by atoms with E-state index < -0.39 is 5.92 Å². The Hall–Kier alpha value is -1.91. The number of carbonyl (C=O) groups is 2. The molecule has 0 aromatic carbocycles. The van der Waals surface area contributed by atoms with E-state index in [2.05, 4.69) is 15.6 Å². The Morgan fingerprint density at radius 2 is 1.80 bits per heavy atom. The molecular formula is C15H27N3O2. The lowest BCUT2D eigenvalue weighted by atomic mass is 9.99. The molecule has 1 aromatic heterocycles. The van der Waals surface area contributed by atoms with Crippen LogP contribution in [0.5, 0.6) is 0 Å². The minimum Gasteiger partial charge on any atom is -0.356 e. The Bertz CT molecular complexity index is 393. The molecule has 0 aliphatic rings. The maximum absolute atomic E-state index is 12.0. The van der Waals surface area contributed by atoms with Gasteiger partial charge in [-0.05, 0) is 26.0 Å². The van der Waals surface area contributed by atoms with E-state index in [4.69, 9.17) is 0 Å². The van der Waals surface area contributed by atoms with Crippen LogP contribution in [0, 0.1) is 0 Å². The summed E-state index contributed by atoms with van der Waals surface area (Å²) in [7, 11) is 0. The number of hydrogen-bond acceptors (Lipinski definition) is 3. The number of hydrogen-bond donors (Lipinski definition) is 2. The van der Waals surface area contributed by atoms with Gasteiger partial charge in [0.25, 0.3) is 0 Å². The van der Waals surface area contributed by atoms with E-state index in [-0.39, 0.29) is 33.1 Å². The average molecular weight is 281 g/mol. The molecule has 0 aliphatic heterocycles. The fraction of sp³-hybridized carbons (Fsp3) is 0.533. The topological polar surface area (TPSA) is 71.1 Å². The first-order chi connectivity index (χ1) is 8.69. The SMILES string of the molecule is C.C.CCNC(=O)CC(C(=O)NCC)c1ccccn1. The van der Waals surface area contributed by atoms with E-state index >= 15 is 0 Å². The molecule has 1 atom stereocenters. The highest BCUT2D eigenvalue weighted by Crippen LogP contribution is 2.17. The fourth-order valence-corrected chi connectivity index (χ4v) is 1.67. The van der Waals surface area contributed by atoms with Gasteiger partial charge in [-0.25, -0.2) is 0 Å². The van der Waals surface area contributed by atoms with E-state index in [1.807, 2.05) is 19.9 Å². The van der Waals surface area contributed by atoms with Crippen molar-refractivity contribution in [1.29, 1.82) is 0 Å². The molecule has 5 nitrogen and oxygen atoms in total. The normalized spacial score (nSPS) is 10.5. The number of amides is 2. The van der Waals surface area contributed by atoms with Crippen molar-refractivity contribution in [2.75, 3.05) is 13.1 Å². The molecule has 1 unspecified atom stereocenters. The Kier molecular flexibility index (Phi) is 11.2. The highest BCUT2D eigenvalue weighted by Gasteiger charge is 2.24. The van der Waals surface area contributed by atoms with Gasteiger partial charge in [-0.15, -0.1) is 0 Å². The molecule has 0 fully saturated rings. The first kappa shape index (κ1) is 20.4. The second-order valence-corrected chi connectivity index (χ2v) is 3.86. The highest BCUT2D eigenvalue weighted by molar-refractivity contribution is 5.89. The molecule has 0 spiro atoms. The van der Waals surface area contributed by atoms with Gasteiger partial charge < -0.3 is 10.6 Å². The molecule has 114 valence electrons. The lowest BCUT2D eigenvalue weighted by Gasteiger charge is -2.15. The number of likely N-dealkylation sites (N-methyl/N-ethyl adjacent to an activating group) is 1. The zero-order valence-electron chi connectivity index (χ0n) is 10.8. The van der Waals surface area contributed by atoms with Gasteiger partial charge in [0.1, 0.15) is 0 Å². The molecule has 2 amide bonds. The molecular weight excluding hydrogens is 254 g/mol. The van der Waals surface area contributed by atoms with E-state index in [0.717, 1.165) is 0 Å². The van der Waals surface area contributed by atoms with Gasteiger partial charge in [-0.2, -0.15) is 0 Å². The van der Waals surface area contributed by atoms with Crippen molar-refractivity contribution in [2.24, 2.45) is 0 Å². The van der Waals surface area contributed by atoms with Gasteiger partial charge in [0, 0.05) is 25.7 Å². The van der Waals surface area contributed by atoms with Crippen LogP contribution < -0.4 is 10.6 Å². The second kappa shape index (κ2) is 11.0. The summed E-state index contributed by atoms with van der Waals surface area (Å²) in [6.45, 7) is 4.79. The summed E-state index contributed by atoms with van der Waals surface area (Å²) in [6, 6.07) is 5.36. The molecule has 0 bridgehead atoms. The third-order valence-corrected chi connectivity index (χ3v) is 2.48. The molecule has 1 heterocycles. The second-order valence-electron chi connectivity index (χ2n) is 3.86. The van der Waals surface area contributed by atoms with Crippen molar-refractivity contribution >= 4 is 11.8 Å². The van der Waals surface area contributed by atoms with Gasteiger partial charge in [0.05, 0.1) is 11.6 Å². The summed E-state index contributed by atoms with van der Waals surface area (Å²) in [5.74, 6) is -0.834. The van der Waals surface area contributed by atoms with Crippen LogP contribution in [0.15, 0.2) is 24.4 Å². The van der Waals surface area contributed by atoms with Gasteiger partial charge in [0.15, 0.2) is 0 Å². The third kappa shape index (κ3) is 6.31. The number of nitrogens with zero attached hydrogens (tertiary/aromatic N) is 1. The fourth-order valence-electron chi connectivity index (χ4n) is 1.67. The Morgan fingerprint density at radius 1 is 1.15 bits per heavy atom. The molecule has 0 radical (unpaired) electrons. The number of pyridine rings is 1. The van der Waals surface area contributed by atoms with Crippen molar-refractivity contribution in [2.45, 2.75) is 41.0 Å². The molecule has 5 heteroatoms. The lowest BCUT2D eigenvalue weighted by molar-refractivity contribution is -0.127. The zero-order valence-corrected chi connectivity index (χ0v) is 10.8. The summed E-state index contributed by atoms with van der Waals surface area (Å²) in [5.41, 5.74) is 0.620. The molecule has 2 N–H and O–H groups in total. The summed E-state index contributed by atoms with van der Waals surface area (Å²) >= 11 is 0. The first-order valence-electron chi connectivity index (χ1n) is 6.14. The molecule has 0 saturated carbocycles. The molecule has 1 aromatic rings. The van der Waals surface area contributed by atoms with Gasteiger partial charge >= 0.3 is 0 Å². The summed E-state index contributed by atoms with van der Waals surface area (Å²) in [4.78, 5) is 27.7. The summed E-state index contributed by atoms with van der Waals surface area (Å²) < 4.78 is 0. The Labute approximate surface area is 122 Å². The molecule has 20 heavy (non-hydrogen) atoms. The monoisotopic (exact) mass is 281 g/mol. The van der Waals surface area contributed by atoms with E-state index in [0.29, 0.717) is 18.8 Å². The minimum atomic E-state index is -0.530. The van der Waals surface area contributed by atoms with E-state index in [1.165, 1.54) is 0 Å². The van der Waals surface area contributed by atoms with Crippen LogP contribution in [0.1, 0.15) is 46.7 Å². The highest BCUT2D eigenvalue weighted by atomic mass is 16.2. The Morgan fingerprint density at radius 3 is 2.30 bits per heavy atom. The van der Waals surface area contributed by atoms with Gasteiger partial charge in [-0.1, -0.05) is 20.9 Å². The average Bonchev–Trinajstić information content (AvgIpc) is 2.37. The maximum atomic E-state index is 12.0. The van der Waals surface area contributed by atoms with Crippen molar-refractivity contribution in [3.8, 4) is 0 Å². The quantitative estimate of drug-likeness (QED) is 0.839. The van der Waals surface area contributed by atoms with Crippen molar-refractivity contribution in [3.05, 3.63) is 30.1 Å². The number of aromatic nitrogens is 1. The molecule has 1 rings (SSSR count). The van der Waals surface area contributed by atoms with Crippen molar-refractivity contribution in [1.82, 2.24) is 15.6 Å². The first-order valence-corrected chi connectivity index (χ1v) is 6.14. The van der Waals surface area contributed by atoms with Crippen molar-refractivity contribution < 1.29 is 9.59 Å². The zero-order chi connectivity index (χ0) is 13.4. The van der Waals surface area contributed by atoms with Crippen LogP contribution in [0.3, 0.4) is 0 Å². The molecule has 0 aliphatic carbocycles. The van der Waals surface area contributed by atoms with Crippen LogP contribution in [-0.4, -0.2) is 29.9 Å². The van der Waals surface area contributed by atoms with Crippen LogP contribution in [0.25, 0.3) is 0 Å².